The van der Waals surface area contributed by atoms with Gasteiger partial charge < -0.3 is 9.47 Å². The first-order valence-electron chi connectivity index (χ1n) is 13.2. The predicted octanol–water partition coefficient (Wildman–Crippen LogP) is 8.89. The molecule has 3 aromatic carbocycles. The number of ether oxygens (including phenoxy) is 2. The van der Waals surface area contributed by atoms with Crippen molar-refractivity contribution in [3.63, 3.8) is 0 Å². The first-order chi connectivity index (χ1) is 18.2. The smallest absolute Gasteiger partial charge is 0.209 e. The van der Waals surface area contributed by atoms with Crippen molar-refractivity contribution in [1.82, 2.24) is 4.98 Å². The van der Waals surface area contributed by atoms with E-state index in [1.807, 2.05) is 37.4 Å². The standard InChI is InChI=1S/C32H34N2O2S/c1-3-35-31-19-24(12-17-30(31)36-21-25-9-7-8-23(2)18-25)20-33-32-34-29(22-37-32)28-15-13-27(14-16-28)26-10-5-4-6-11-26/h7-9,12-20,22,26H,3-6,10-11,21H2,1-2H3. The van der Waals surface area contributed by atoms with Crippen LogP contribution in [0.5, 0.6) is 11.5 Å². The van der Waals surface area contributed by atoms with Crippen molar-refractivity contribution in [2.24, 2.45) is 4.99 Å². The van der Waals surface area contributed by atoms with Crippen molar-refractivity contribution >= 4 is 22.7 Å². The second-order valence-electron chi connectivity index (χ2n) is 9.65. The molecule has 0 radical (unpaired) electrons. The van der Waals surface area contributed by atoms with Crippen LogP contribution < -0.4 is 9.47 Å². The van der Waals surface area contributed by atoms with Crippen molar-refractivity contribution in [2.45, 2.75) is 58.5 Å². The van der Waals surface area contributed by atoms with Gasteiger partial charge in [-0.2, -0.15) is 0 Å². The van der Waals surface area contributed by atoms with Gasteiger partial charge in [0, 0.05) is 17.2 Å². The molecule has 37 heavy (non-hydrogen) atoms. The van der Waals surface area contributed by atoms with Gasteiger partial charge in [-0.25, -0.2) is 9.98 Å². The summed E-state index contributed by atoms with van der Waals surface area (Å²) in [6, 6.07) is 23.2. The van der Waals surface area contributed by atoms with Crippen LogP contribution in [0.2, 0.25) is 0 Å². The predicted molar refractivity (Wildman–Crippen MR) is 154 cm³/mol. The Hall–Kier alpha value is -3.44. The highest BCUT2D eigenvalue weighted by Gasteiger charge is 2.15. The molecule has 0 aliphatic heterocycles. The molecule has 1 fully saturated rings. The number of aromatic nitrogens is 1. The molecule has 5 heteroatoms. The Morgan fingerprint density at radius 1 is 0.946 bits per heavy atom. The van der Waals surface area contributed by atoms with Gasteiger partial charge in [0.25, 0.3) is 0 Å². The average molecular weight is 511 g/mol. The van der Waals surface area contributed by atoms with Crippen molar-refractivity contribution in [3.05, 3.63) is 94.4 Å². The molecule has 1 aromatic heterocycles. The van der Waals surface area contributed by atoms with Crippen LogP contribution in [0, 0.1) is 6.92 Å². The van der Waals surface area contributed by atoms with Gasteiger partial charge in [0.15, 0.2) is 11.5 Å². The first kappa shape index (κ1) is 25.2. The quantitative estimate of drug-likeness (QED) is 0.211. The Morgan fingerprint density at radius 2 is 1.78 bits per heavy atom. The number of hydrogen-bond donors (Lipinski definition) is 0. The zero-order valence-corrected chi connectivity index (χ0v) is 22.5. The minimum absolute atomic E-state index is 0.499. The van der Waals surface area contributed by atoms with Gasteiger partial charge in [-0.3, -0.25) is 0 Å². The highest BCUT2D eigenvalue weighted by Crippen LogP contribution is 2.34. The Morgan fingerprint density at radius 3 is 2.57 bits per heavy atom. The Labute approximate surface area is 224 Å². The zero-order valence-electron chi connectivity index (χ0n) is 21.7. The van der Waals surface area contributed by atoms with E-state index >= 15 is 0 Å². The maximum atomic E-state index is 6.07. The Kier molecular flexibility index (Phi) is 8.32. The molecule has 1 saturated carbocycles. The molecule has 0 atom stereocenters. The molecule has 0 N–H and O–H groups in total. The summed E-state index contributed by atoms with van der Waals surface area (Å²) in [5.74, 6) is 2.17. The maximum absolute atomic E-state index is 6.07. The first-order valence-corrected chi connectivity index (χ1v) is 14.1. The van der Waals surface area contributed by atoms with E-state index in [-0.39, 0.29) is 0 Å². The molecule has 190 valence electrons. The zero-order chi connectivity index (χ0) is 25.5. The fourth-order valence-corrected chi connectivity index (χ4v) is 5.57. The monoisotopic (exact) mass is 510 g/mol. The molecule has 5 rings (SSSR count). The third kappa shape index (κ3) is 6.66. The molecule has 4 nitrogen and oxygen atoms in total. The summed E-state index contributed by atoms with van der Waals surface area (Å²) in [4.78, 5) is 9.38. The van der Waals surface area contributed by atoms with E-state index in [9.17, 15) is 0 Å². The number of nitrogens with zero attached hydrogens (tertiary/aromatic N) is 2. The lowest BCUT2D eigenvalue weighted by Gasteiger charge is -2.22. The fourth-order valence-electron chi connectivity index (χ4n) is 4.90. The van der Waals surface area contributed by atoms with Crippen LogP contribution in [-0.4, -0.2) is 17.8 Å². The summed E-state index contributed by atoms with van der Waals surface area (Å²) in [5, 5.41) is 2.82. The molecule has 1 aliphatic carbocycles. The van der Waals surface area contributed by atoms with Gasteiger partial charge in [0.2, 0.25) is 5.13 Å². The second kappa shape index (κ2) is 12.2. The van der Waals surface area contributed by atoms with Gasteiger partial charge in [-0.15, -0.1) is 11.3 Å². The van der Waals surface area contributed by atoms with Crippen LogP contribution in [0.25, 0.3) is 11.3 Å². The molecule has 0 saturated heterocycles. The average Bonchev–Trinajstić information content (AvgIpc) is 3.41. The van der Waals surface area contributed by atoms with E-state index in [0.717, 1.165) is 44.9 Å². The van der Waals surface area contributed by atoms with Crippen LogP contribution >= 0.6 is 11.3 Å². The summed E-state index contributed by atoms with van der Waals surface area (Å²) in [5.41, 5.74) is 6.89. The summed E-state index contributed by atoms with van der Waals surface area (Å²) in [6.07, 6.45) is 8.57. The third-order valence-corrected chi connectivity index (χ3v) is 7.59. The molecular formula is C32H34N2O2S. The van der Waals surface area contributed by atoms with Crippen molar-refractivity contribution < 1.29 is 9.47 Å². The van der Waals surface area contributed by atoms with Crippen molar-refractivity contribution in [2.75, 3.05) is 6.61 Å². The van der Waals surface area contributed by atoms with Gasteiger partial charge in [-0.1, -0.05) is 73.4 Å². The van der Waals surface area contributed by atoms with Crippen LogP contribution in [-0.2, 0) is 6.61 Å². The number of thiazole rings is 1. The highest BCUT2D eigenvalue weighted by molar-refractivity contribution is 7.13. The number of aliphatic imine (C=N–C) groups is 1. The third-order valence-electron chi connectivity index (χ3n) is 6.84. The normalized spacial score (nSPS) is 14.2. The molecule has 1 heterocycles. The number of rotatable bonds is 9. The van der Waals surface area contributed by atoms with E-state index in [0.29, 0.717) is 13.2 Å². The van der Waals surface area contributed by atoms with Crippen LogP contribution in [0.3, 0.4) is 0 Å². The van der Waals surface area contributed by atoms with E-state index in [2.05, 4.69) is 59.8 Å². The molecule has 0 spiro atoms. The van der Waals surface area contributed by atoms with Gasteiger partial charge in [0.05, 0.1) is 12.3 Å². The minimum atomic E-state index is 0.499. The Balaban J connectivity index is 1.25. The van der Waals surface area contributed by atoms with E-state index in [1.165, 1.54) is 43.2 Å². The van der Waals surface area contributed by atoms with Crippen molar-refractivity contribution in [3.8, 4) is 22.8 Å². The van der Waals surface area contributed by atoms with E-state index < -0.39 is 0 Å². The minimum Gasteiger partial charge on any atom is -0.490 e. The number of aryl methyl sites for hydroxylation is 1. The molecule has 0 bridgehead atoms. The SMILES string of the molecule is CCOc1cc(C=Nc2nc(-c3ccc(C4CCCCC4)cc3)cs2)ccc1OCc1cccc(C)c1. The molecule has 4 aromatic rings. The topological polar surface area (TPSA) is 43.7 Å². The Bertz CT molecular complexity index is 1340. The number of hydrogen-bond acceptors (Lipinski definition) is 5. The van der Waals surface area contributed by atoms with Crippen LogP contribution in [0.4, 0.5) is 5.13 Å². The summed E-state index contributed by atoms with van der Waals surface area (Å²) in [6.45, 7) is 5.13. The number of benzene rings is 3. The fraction of sp³-hybridized carbons (Fsp3) is 0.312. The highest BCUT2D eigenvalue weighted by atomic mass is 32.1. The van der Waals surface area contributed by atoms with Crippen molar-refractivity contribution in [1.29, 1.82) is 0 Å². The van der Waals surface area contributed by atoms with E-state index in [4.69, 9.17) is 14.5 Å². The molecule has 1 aliphatic rings. The van der Waals surface area contributed by atoms with E-state index in [1.54, 1.807) is 11.3 Å². The maximum Gasteiger partial charge on any atom is 0.209 e. The lowest BCUT2D eigenvalue weighted by Crippen LogP contribution is -2.04. The molecule has 0 unspecified atom stereocenters. The lowest BCUT2D eigenvalue weighted by molar-refractivity contribution is 0.269. The summed E-state index contributed by atoms with van der Waals surface area (Å²) >= 11 is 1.56. The van der Waals surface area contributed by atoms with Gasteiger partial charge in [0.1, 0.15) is 6.61 Å². The second-order valence-corrected chi connectivity index (χ2v) is 10.5. The largest absolute Gasteiger partial charge is 0.490 e. The van der Waals surface area contributed by atoms with Crippen LogP contribution in [0.1, 0.15) is 67.2 Å². The lowest BCUT2D eigenvalue weighted by atomic mass is 9.84. The molecule has 0 amide bonds. The van der Waals surface area contributed by atoms with Gasteiger partial charge in [-0.05, 0) is 67.5 Å². The van der Waals surface area contributed by atoms with Gasteiger partial charge >= 0.3 is 0 Å². The summed E-state index contributed by atoms with van der Waals surface area (Å²) in [7, 11) is 0. The molecular weight excluding hydrogens is 476 g/mol. The summed E-state index contributed by atoms with van der Waals surface area (Å²) < 4.78 is 11.9. The van der Waals surface area contributed by atoms with Crippen LogP contribution in [0.15, 0.2) is 77.1 Å².